The number of amides is 1. The molecule has 1 aromatic heterocycles. The molecule has 0 fully saturated rings. The van der Waals surface area contributed by atoms with Crippen LogP contribution in [0.15, 0.2) is 27.4 Å². The summed E-state index contributed by atoms with van der Waals surface area (Å²) in [6, 6.07) is 5.08. The van der Waals surface area contributed by atoms with Crippen molar-refractivity contribution in [1.29, 1.82) is 0 Å². The van der Waals surface area contributed by atoms with Gasteiger partial charge in [0.25, 0.3) is 0 Å². The van der Waals surface area contributed by atoms with Crippen LogP contribution < -0.4 is 11.1 Å². The molecule has 6 heteroatoms. The molecule has 2 aromatic rings. The van der Waals surface area contributed by atoms with Crippen LogP contribution in [-0.2, 0) is 4.79 Å². The van der Waals surface area contributed by atoms with Gasteiger partial charge >= 0.3 is 5.76 Å². The number of oxazole rings is 1. The van der Waals surface area contributed by atoms with Crippen molar-refractivity contribution in [3.8, 4) is 0 Å². The summed E-state index contributed by atoms with van der Waals surface area (Å²) in [6.07, 6.45) is 2.25. The van der Waals surface area contributed by atoms with Crippen molar-refractivity contribution in [3.05, 3.63) is 28.7 Å². The number of anilines is 1. The zero-order valence-electron chi connectivity index (χ0n) is 11.6. The van der Waals surface area contributed by atoms with Crippen LogP contribution in [0.3, 0.4) is 0 Å². The van der Waals surface area contributed by atoms with Crippen LogP contribution in [-0.4, -0.2) is 21.9 Å². The first-order valence-electron chi connectivity index (χ1n) is 6.65. The number of nitrogens with one attached hydrogen (secondary N) is 2. The molecule has 0 aliphatic rings. The number of benzene rings is 1. The van der Waals surface area contributed by atoms with Gasteiger partial charge in [-0.3, -0.25) is 9.78 Å². The molecule has 1 amide bonds. The molecule has 0 unspecified atom stereocenters. The molecule has 0 bridgehead atoms. The van der Waals surface area contributed by atoms with E-state index < -0.39 is 5.76 Å². The Balaban J connectivity index is 2.00. The monoisotopic (exact) mass is 294 g/mol. The highest BCUT2D eigenvalue weighted by atomic mass is 32.2. The number of carbonyl (C=O) groups excluding carboxylic acids is 1. The summed E-state index contributed by atoms with van der Waals surface area (Å²) < 4.78 is 4.91. The molecule has 1 atom stereocenters. The first kappa shape index (κ1) is 14.7. The highest BCUT2D eigenvalue weighted by Crippen LogP contribution is 2.19. The van der Waals surface area contributed by atoms with E-state index in [2.05, 4.69) is 17.2 Å². The van der Waals surface area contributed by atoms with Gasteiger partial charge in [-0.1, -0.05) is 13.3 Å². The van der Waals surface area contributed by atoms with Gasteiger partial charge in [-0.25, -0.2) is 4.79 Å². The summed E-state index contributed by atoms with van der Waals surface area (Å²) in [5.74, 6) is 0.461. The van der Waals surface area contributed by atoms with Crippen LogP contribution in [0, 0.1) is 0 Å². The lowest BCUT2D eigenvalue weighted by molar-refractivity contribution is -0.115. The molecule has 5 nitrogen and oxygen atoms in total. The second kappa shape index (κ2) is 6.65. The summed E-state index contributed by atoms with van der Waals surface area (Å²) in [4.78, 5) is 25.6. The minimum absolute atomic E-state index is 0.0312. The molecule has 0 spiro atoms. The highest BCUT2D eigenvalue weighted by Gasteiger charge is 2.13. The van der Waals surface area contributed by atoms with Crippen LogP contribution in [0.2, 0.25) is 0 Å². The van der Waals surface area contributed by atoms with Crippen molar-refractivity contribution in [2.75, 3.05) is 11.1 Å². The van der Waals surface area contributed by atoms with E-state index in [0.29, 0.717) is 16.8 Å². The Labute approximate surface area is 121 Å². The van der Waals surface area contributed by atoms with Crippen molar-refractivity contribution in [2.45, 2.75) is 31.9 Å². The minimum atomic E-state index is -0.494. The van der Waals surface area contributed by atoms with E-state index in [1.54, 1.807) is 30.0 Å². The zero-order valence-corrected chi connectivity index (χ0v) is 12.4. The first-order chi connectivity index (χ1) is 9.60. The summed E-state index contributed by atoms with van der Waals surface area (Å²) in [5, 5.41) is 2.75. The zero-order chi connectivity index (χ0) is 14.5. The average molecular weight is 294 g/mol. The molecule has 1 heterocycles. The van der Waals surface area contributed by atoms with Gasteiger partial charge in [0, 0.05) is 5.69 Å². The molecular weight excluding hydrogens is 276 g/mol. The van der Waals surface area contributed by atoms with E-state index in [1.807, 2.05) is 6.92 Å². The SMILES string of the molecule is CCCCS[C@@H](C)C(=O)Nc1ccc2oc(=O)[nH]c2c1. The van der Waals surface area contributed by atoms with Crippen LogP contribution in [0.4, 0.5) is 5.69 Å². The van der Waals surface area contributed by atoms with Crippen molar-refractivity contribution >= 4 is 34.5 Å². The predicted molar refractivity (Wildman–Crippen MR) is 82.3 cm³/mol. The Morgan fingerprint density at radius 2 is 2.30 bits per heavy atom. The number of hydrogen-bond acceptors (Lipinski definition) is 4. The van der Waals surface area contributed by atoms with Gasteiger partial charge < -0.3 is 9.73 Å². The summed E-state index contributed by atoms with van der Waals surface area (Å²) in [5.41, 5.74) is 1.72. The maximum Gasteiger partial charge on any atom is 0.417 e. The molecule has 0 aliphatic heterocycles. The second-order valence-electron chi connectivity index (χ2n) is 4.58. The van der Waals surface area contributed by atoms with E-state index in [0.717, 1.165) is 18.6 Å². The first-order valence-corrected chi connectivity index (χ1v) is 7.70. The highest BCUT2D eigenvalue weighted by molar-refractivity contribution is 8.00. The molecule has 1 aromatic carbocycles. The maximum absolute atomic E-state index is 12.0. The van der Waals surface area contributed by atoms with Gasteiger partial charge in [-0.05, 0) is 37.3 Å². The standard InChI is InChI=1S/C14H18N2O3S/c1-3-4-7-20-9(2)13(17)15-10-5-6-12-11(8-10)16-14(18)19-12/h5-6,8-9H,3-4,7H2,1-2H3,(H,15,17)(H,16,18)/t9-/m0/s1. The lowest BCUT2D eigenvalue weighted by Gasteiger charge is -2.11. The molecule has 20 heavy (non-hydrogen) atoms. The fourth-order valence-electron chi connectivity index (χ4n) is 1.75. The summed E-state index contributed by atoms with van der Waals surface area (Å²) in [6.45, 7) is 4.03. The van der Waals surface area contributed by atoms with E-state index in [1.165, 1.54) is 0 Å². The molecule has 0 saturated carbocycles. The molecular formula is C14H18N2O3S. The second-order valence-corrected chi connectivity index (χ2v) is 6.03. The van der Waals surface area contributed by atoms with Gasteiger partial charge in [-0.2, -0.15) is 0 Å². The third-order valence-corrected chi connectivity index (χ3v) is 4.16. The molecule has 0 radical (unpaired) electrons. The molecule has 2 N–H and O–H groups in total. The van der Waals surface area contributed by atoms with Crippen molar-refractivity contribution in [3.63, 3.8) is 0 Å². The van der Waals surface area contributed by atoms with E-state index in [-0.39, 0.29) is 11.2 Å². The van der Waals surface area contributed by atoms with Crippen molar-refractivity contribution in [1.82, 2.24) is 4.98 Å². The van der Waals surface area contributed by atoms with Crippen LogP contribution in [0.1, 0.15) is 26.7 Å². The average Bonchev–Trinajstić information content (AvgIpc) is 2.78. The third kappa shape index (κ3) is 3.66. The minimum Gasteiger partial charge on any atom is -0.408 e. The number of fused-ring (bicyclic) bond motifs is 1. The van der Waals surface area contributed by atoms with E-state index in [9.17, 15) is 9.59 Å². The normalized spacial score (nSPS) is 12.5. The smallest absolute Gasteiger partial charge is 0.408 e. The number of thioether (sulfide) groups is 1. The van der Waals surface area contributed by atoms with Crippen LogP contribution in [0.25, 0.3) is 11.1 Å². The predicted octanol–water partition coefficient (Wildman–Crippen LogP) is 2.98. The quantitative estimate of drug-likeness (QED) is 0.803. The van der Waals surface area contributed by atoms with Crippen LogP contribution >= 0.6 is 11.8 Å². The topological polar surface area (TPSA) is 75.1 Å². The fraction of sp³-hybridized carbons (Fsp3) is 0.429. The number of aromatic amines is 1. The van der Waals surface area contributed by atoms with Crippen molar-refractivity contribution < 1.29 is 9.21 Å². The Hall–Kier alpha value is -1.69. The van der Waals surface area contributed by atoms with Gasteiger partial charge in [-0.15, -0.1) is 11.8 Å². The number of H-pyrrole nitrogens is 1. The number of hydrogen-bond donors (Lipinski definition) is 2. The number of aromatic nitrogens is 1. The Kier molecular flexibility index (Phi) is 4.89. The Bertz CT molecular complexity index is 647. The number of unbranched alkanes of at least 4 members (excludes halogenated alkanes) is 1. The van der Waals surface area contributed by atoms with Gasteiger partial charge in [0.2, 0.25) is 5.91 Å². The molecule has 2 rings (SSSR count). The van der Waals surface area contributed by atoms with E-state index >= 15 is 0 Å². The molecule has 0 aliphatic carbocycles. The van der Waals surface area contributed by atoms with Crippen molar-refractivity contribution in [2.24, 2.45) is 0 Å². The largest absolute Gasteiger partial charge is 0.417 e. The number of rotatable bonds is 6. The summed E-state index contributed by atoms with van der Waals surface area (Å²) in [7, 11) is 0. The van der Waals surface area contributed by atoms with E-state index in [4.69, 9.17) is 4.42 Å². The summed E-state index contributed by atoms with van der Waals surface area (Å²) >= 11 is 1.65. The van der Waals surface area contributed by atoms with Crippen LogP contribution in [0.5, 0.6) is 0 Å². The van der Waals surface area contributed by atoms with Gasteiger partial charge in [0.05, 0.1) is 10.8 Å². The lowest BCUT2D eigenvalue weighted by atomic mass is 10.3. The van der Waals surface area contributed by atoms with Gasteiger partial charge in [0.15, 0.2) is 5.58 Å². The molecule has 108 valence electrons. The molecule has 0 saturated heterocycles. The fourth-order valence-corrected chi connectivity index (χ4v) is 2.77. The van der Waals surface area contributed by atoms with Gasteiger partial charge in [0.1, 0.15) is 0 Å². The maximum atomic E-state index is 12.0. The Morgan fingerprint density at radius 3 is 3.05 bits per heavy atom. The Morgan fingerprint density at radius 1 is 1.50 bits per heavy atom. The third-order valence-electron chi connectivity index (χ3n) is 2.92. The lowest BCUT2D eigenvalue weighted by Crippen LogP contribution is -2.22. The number of carbonyl (C=O) groups is 1.